The Morgan fingerprint density at radius 1 is 1.39 bits per heavy atom. The van der Waals surface area contributed by atoms with Crippen LogP contribution >= 0.6 is 11.8 Å². The van der Waals surface area contributed by atoms with Crippen LogP contribution in [0.5, 0.6) is 0 Å². The second-order valence-electron chi connectivity index (χ2n) is 5.52. The fourth-order valence-electron chi connectivity index (χ4n) is 1.87. The lowest BCUT2D eigenvalue weighted by Gasteiger charge is -2.17. The highest BCUT2D eigenvalue weighted by atomic mass is 32.2. The number of thioether (sulfide) groups is 1. The first kappa shape index (κ1) is 17.2. The summed E-state index contributed by atoms with van der Waals surface area (Å²) in [5, 5.41) is 28.4. The van der Waals surface area contributed by atoms with E-state index in [2.05, 4.69) is 15.5 Å². The lowest BCUT2D eigenvalue weighted by atomic mass is 9.98. The van der Waals surface area contributed by atoms with Gasteiger partial charge in [0.15, 0.2) is 5.17 Å². The molecule has 23 heavy (non-hydrogen) atoms. The molecule has 1 aromatic carbocycles. The van der Waals surface area contributed by atoms with Gasteiger partial charge < -0.3 is 15.5 Å². The van der Waals surface area contributed by atoms with E-state index in [1.165, 1.54) is 6.21 Å². The summed E-state index contributed by atoms with van der Waals surface area (Å²) in [5.41, 5.74) is 0.676. The van der Waals surface area contributed by atoms with Crippen molar-refractivity contribution in [3.63, 3.8) is 0 Å². The van der Waals surface area contributed by atoms with Crippen LogP contribution in [0.25, 0.3) is 0 Å². The number of aliphatic carboxylic acids is 1. The van der Waals surface area contributed by atoms with Gasteiger partial charge in [-0.2, -0.15) is 5.10 Å². The molecule has 1 amide bonds. The summed E-state index contributed by atoms with van der Waals surface area (Å²) >= 11 is 1.05. The summed E-state index contributed by atoms with van der Waals surface area (Å²) < 4.78 is 0. The molecule has 0 spiro atoms. The second kappa shape index (κ2) is 6.93. The van der Waals surface area contributed by atoms with Gasteiger partial charge in [-0.25, -0.2) is 0 Å². The fraction of sp³-hybridized carbons (Fsp3) is 0.333. The van der Waals surface area contributed by atoms with E-state index in [0.29, 0.717) is 0 Å². The number of amides is 1. The van der Waals surface area contributed by atoms with Crippen LogP contribution < -0.4 is 5.32 Å². The first-order valence-electron chi connectivity index (χ1n) is 6.89. The summed E-state index contributed by atoms with van der Waals surface area (Å²) in [6.07, 6.45) is 1.26. The molecule has 1 aromatic rings. The third-order valence-corrected chi connectivity index (χ3v) is 4.18. The fourth-order valence-corrected chi connectivity index (χ4v) is 2.79. The molecule has 0 aliphatic carbocycles. The van der Waals surface area contributed by atoms with Crippen molar-refractivity contribution >= 4 is 35.0 Å². The largest absolute Gasteiger partial charge is 0.481 e. The number of benzene rings is 1. The number of aliphatic hydroxyl groups is 1. The quantitative estimate of drug-likeness (QED) is 0.555. The summed E-state index contributed by atoms with van der Waals surface area (Å²) in [6, 6.07) is 7.18. The molecule has 7 nitrogen and oxygen atoms in total. The number of carbonyl (C=O) groups excluding carboxylic acids is 1. The van der Waals surface area contributed by atoms with Crippen molar-refractivity contribution in [3.05, 3.63) is 35.4 Å². The van der Waals surface area contributed by atoms with E-state index in [1.54, 1.807) is 38.1 Å². The summed E-state index contributed by atoms with van der Waals surface area (Å²) in [5.74, 6) is -1.41. The zero-order valence-electron chi connectivity index (χ0n) is 12.7. The molecule has 1 unspecified atom stereocenters. The minimum absolute atomic E-state index is 0.252. The number of carboxylic acids is 1. The molecule has 1 atom stereocenters. The van der Waals surface area contributed by atoms with Gasteiger partial charge >= 0.3 is 5.97 Å². The third-order valence-electron chi connectivity index (χ3n) is 3.11. The highest BCUT2D eigenvalue weighted by Crippen LogP contribution is 2.22. The van der Waals surface area contributed by atoms with Gasteiger partial charge in [0.05, 0.1) is 18.2 Å². The van der Waals surface area contributed by atoms with Crippen molar-refractivity contribution in [3.8, 4) is 0 Å². The summed E-state index contributed by atoms with van der Waals surface area (Å²) in [4.78, 5) is 22.2. The molecule has 122 valence electrons. The third kappa shape index (κ3) is 4.90. The average molecular weight is 335 g/mol. The van der Waals surface area contributed by atoms with Crippen LogP contribution in [0.2, 0.25) is 0 Å². The number of carbonyl (C=O) groups is 2. The van der Waals surface area contributed by atoms with Crippen molar-refractivity contribution in [1.82, 2.24) is 5.32 Å². The molecule has 1 aliphatic rings. The molecule has 1 saturated heterocycles. The lowest BCUT2D eigenvalue weighted by Crippen LogP contribution is -2.26. The maximum absolute atomic E-state index is 11.5. The molecule has 0 aromatic heterocycles. The number of nitrogens with one attached hydrogen (secondary N) is 1. The Balaban J connectivity index is 1.99. The normalized spacial score (nSPS) is 20.2. The number of hydrogen-bond donors (Lipinski definition) is 3. The van der Waals surface area contributed by atoms with Crippen LogP contribution in [0.3, 0.4) is 0 Å². The number of hydrogen-bond acceptors (Lipinski definition) is 6. The van der Waals surface area contributed by atoms with Crippen LogP contribution in [-0.4, -0.2) is 38.7 Å². The molecular weight excluding hydrogens is 318 g/mol. The first-order valence-corrected chi connectivity index (χ1v) is 7.77. The first-order chi connectivity index (χ1) is 10.8. The topological polar surface area (TPSA) is 111 Å². The van der Waals surface area contributed by atoms with E-state index in [-0.39, 0.29) is 17.5 Å². The minimum Gasteiger partial charge on any atom is -0.481 e. The Bertz CT molecular complexity index is 662. The zero-order valence-corrected chi connectivity index (χ0v) is 13.5. The SMILES string of the molecule is CC(C)(O)c1ccc(/C=N/N=C2\NC(=O)C(CC(=O)O)S2)cc1. The molecule has 1 heterocycles. The van der Waals surface area contributed by atoms with E-state index in [4.69, 9.17) is 5.11 Å². The smallest absolute Gasteiger partial charge is 0.305 e. The van der Waals surface area contributed by atoms with Crippen LogP contribution in [0.4, 0.5) is 0 Å². The molecule has 0 bridgehead atoms. The van der Waals surface area contributed by atoms with E-state index >= 15 is 0 Å². The van der Waals surface area contributed by atoms with Crippen LogP contribution in [-0.2, 0) is 15.2 Å². The molecule has 0 radical (unpaired) electrons. The van der Waals surface area contributed by atoms with Gasteiger partial charge in [-0.05, 0) is 25.0 Å². The van der Waals surface area contributed by atoms with E-state index in [0.717, 1.165) is 22.9 Å². The Hall–Kier alpha value is -2.19. The molecule has 2 rings (SSSR count). The minimum atomic E-state index is -1.03. The van der Waals surface area contributed by atoms with Crippen LogP contribution in [0.1, 0.15) is 31.4 Å². The van der Waals surface area contributed by atoms with E-state index in [1.807, 2.05) is 0 Å². The summed E-state index contributed by atoms with van der Waals surface area (Å²) in [7, 11) is 0. The number of rotatable bonds is 5. The van der Waals surface area contributed by atoms with Gasteiger partial charge in [0.25, 0.3) is 0 Å². The van der Waals surface area contributed by atoms with Gasteiger partial charge in [-0.3, -0.25) is 9.59 Å². The van der Waals surface area contributed by atoms with Crippen LogP contribution in [0, 0.1) is 0 Å². The monoisotopic (exact) mass is 335 g/mol. The van der Waals surface area contributed by atoms with Gasteiger partial charge in [-0.1, -0.05) is 36.0 Å². The number of nitrogens with zero attached hydrogens (tertiary/aromatic N) is 2. The second-order valence-corrected chi connectivity index (χ2v) is 6.72. The standard InChI is InChI=1S/C15H17N3O4S/c1-15(2,22)10-5-3-9(4-6-10)8-16-18-14-17-13(21)11(23-14)7-12(19)20/h3-6,8,11,22H,7H2,1-2H3,(H,19,20)(H,17,18,21)/b16-8+. The van der Waals surface area contributed by atoms with Crippen molar-refractivity contribution in [2.24, 2.45) is 10.2 Å². The Morgan fingerprint density at radius 3 is 2.61 bits per heavy atom. The van der Waals surface area contributed by atoms with Crippen molar-refractivity contribution in [2.45, 2.75) is 31.1 Å². The van der Waals surface area contributed by atoms with Gasteiger partial charge in [0.1, 0.15) is 5.25 Å². The van der Waals surface area contributed by atoms with Gasteiger partial charge in [-0.15, -0.1) is 5.10 Å². The summed E-state index contributed by atoms with van der Waals surface area (Å²) in [6.45, 7) is 3.41. The van der Waals surface area contributed by atoms with E-state index < -0.39 is 16.8 Å². The zero-order chi connectivity index (χ0) is 17.0. The molecule has 0 saturated carbocycles. The molecule has 8 heteroatoms. The van der Waals surface area contributed by atoms with E-state index in [9.17, 15) is 14.7 Å². The highest BCUT2D eigenvalue weighted by molar-refractivity contribution is 8.15. The van der Waals surface area contributed by atoms with Crippen molar-refractivity contribution in [2.75, 3.05) is 0 Å². The predicted octanol–water partition coefficient (Wildman–Crippen LogP) is 1.31. The molecule has 3 N–H and O–H groups in total. The lowest BCUT2D eigenvalue weighted by molar-refractivity contribution is -0.138. The Labute approximate surface area is 137 Å². The Kier molecular flexibility index (Phi) is 5.17. The number of carboxylic acid groups (broad SMARTS) is 1. The maximum atomic E-state index is 11.5. The average Bonchev–Trinajstić information content (AvgIpc) is 2.78. The Morgan fingerprint density at radius 2 is 2.04 bits per heavy atom. The van der Waals surface area contributed by atoms with Crippen molar-refractivity contribution < 1.29 is 19.8 Å². The molecular formula is C15H17N3O4S. The van der Waals surface area contributed by atoms with Gasteiger partial charge in [0, 0.05) is 0 Å². The van der Waals surface area contributed by atoms with Crippen LogP contribution in [0.15, 0.2) is 34.5 Å². The maximum Gasteiger partial charge on any atom is 0.305 e. The number of amidine groups is 1. The molecule has 1 aliphatic heterocycles. The van der Waals surface area contributed by atoms with Crippen molar-refractivity contribution in [1.29, 1.82) is 0 Å². The predicted molar refractivity (Wildman–Crippen MR) is 88.5 cm³/mol. The molecule has 1 fully saturated rings. The highest BCUT2D eigenvalue weighted by Gasteiger charge is 2.32. The van der Waals surface area contributed by atoms with Gasteiger partial charge in [0.2, 0.25) is 5.91 Å².